The highest BCUT2D eigenvalue weighted by atomic mass is 16.6. The summed E-state index contributed by atoms with van der Waals surface area (Å²) < 4.78 is 4.52. The van der Waals surface area contributed by atoms with Crippen molar-refractivity contribution in [2.45, 2.75) is 43.9 Å². The molecule has 0 bridgehead atoms. The molecule has 0 saturated heterocycles. The van der Waals surface area contributed by atoms with Crippen LogP contribution < -0.4 is 0 Å². The number of aliphatic carboxylic acids is 1. The summed E-state index contributed by atoms with van der Waals surface area (Å²) >= 11 is 0. The molecule has 0 rings (SSSR count). The largest absolute Gasteiger partial charge is 0.475 e. The predicted octanol–water partition coefficient (Wildman–Crippen LogP) is -3.60. The third kappa shape index (κ3) is 6.14. The van der Waals surface area contributed by atoms with Crippen LogP contribution in [0.4, 0.5) is 0 Å². The summed E-state index contributed by atoms with van der Waals surface area (Å²) in [5.74, 6) is -4.17. The first-order chi connectivity index (χ1) is 9.61. The Morgan fingerprint density at radius 3 is 1.90 bits per heavy atom. The van der Waals surface area contributed by atoms with E-state index in [1.165, 1.54) is 0 Å². The molecule has 0 aliphatic carbocycles. The number of hydrogen-bond donors (Lipinski definition) is 6. The van der Waals surface area contributed by atoms with E-state index in [-0.39, 0.29) is 0 Å². The first-order valence-corrected chi connectivity index (χ1v) is 5.88. The van der Waals surface area contributed by atoms with Gasteiger partial charge < -0.3 is 35.4 Å². The second kappa shape index (κ2) is 8.64. The summed E-state index contributed by atoms with van der Waals surface area (Å²) in [4.78, 5) is 32.0. The molecule has 5 unspecified atom stereocenters. The van der Waals surface area contributed by atoms with Gasteiger partial charge in [-0.15, -0.1) is 0 Å². The highest BCUT2D eigenvalue weighted by Crippen LogP contribution is 2.14. The van der Waals surface area contributed by atoms with Gasteiger partial charge in [0.1, 0.15) is 18.3 Å². The van der Waals surface area contributed by atoms with Crippen LogP contribution in [0.3, 0.4) is 0 Å². The van der Waals surface area contributed by atoms with Crippen molar-refractivity contribution in [1.82, 2.24) is 0 Å². The van der Waals surface area contributed by atoms with Gasteiger partial charge in [-0.2, -0.15) is 0 Å². The van der Waals surface area contributed by atoms with Crippen LogP contribution >= 0.6 is 0 Å². The van der Waals surface area contributed by atoms with Gasteiger partial charge in [0.2, 0.25) is 5.78 Å². The van der Waals surface area contributed by atoms with Gasteiger partial charge in [0.25, 0.3) is 0 Å². The molecule has 5 atom stereocenters. The minimum Gasteiger partial charge on any atom is -0.475 e. The minimum atomic E-state index is -2.08. The fourth-order valence-electron chi connectivity index (χ4n) is 1.49. The number of hydrogen-bond acceptors (Lipinski definition) is 9. The second-order valence-corrected chi connectivity index (χ2v) is 4.30. The number of esters is 1. The van der Waals surface area contributed by atoms with Crippen molar-refractivity contribution in [1.29, 1.82) is 0 Å². The van der Waals surface area contributed by atoms with Crippen LogP contribution in [0.25, 0.3) is 0 Å². The molecule has 0 aromatic carbocycles. The van der Waals surface area contributed by atoms with E-state index in [9.17, 15) is 34.8 Å². The summed E-state index contributed by atoms with van der Waals surface area (Å²) in [7, 11) is 0. The Morgan fingerprint density at radius 2 is 1.52 bits per heavy atom. The summed E-state index contributed by atoms with van der Waals surface area (Å²) in [5, 5.41) is 55.3. The Morgan fingerprint density at radius 1 is 1.00 bits per heavy atom. The lowest BCUT2D eigenvalue weighted by atomic mass is 9.96. The number of carbonyl (C=O) groups excluding carboxylic acids is 2. The quantitative estimate of drug-likeness (QED) is 0.184. The molecule has 21 heavy (non-hydrogen) atoms. The van der Waals surface area contributed by atoms with E-state index in [1.54, 1.807) is 0 Å². The Balaban J connectivity index is 4.89. The number of carboxylic acids is 1. The van der Waals surface area contributed by atoms with Crippen LogP contribution in [0.5, 0.6) is 0 Å². The average Bonchev–Trinajstić information content (AvgIpc) is 2.41. The van der Waals surface area contributed by atoms with Gasteiger partial charge in [-0.05, 0) is 0 Å². The molecule has 0 fully saturated rings. The fourth-order valence-corrected chi connectivity index (χ4v) is 1.49. The molecular formula is C11H18O10. The monoisotopic (exact) mass is 310 g/mol. The maximum absolute atomic E-state index is 10.9. The van der Waals surface area contributed by atoms with E-state index in [4.69, 9.17) is 10.2 Å². The highest BCUT2D eigenvalue weighted by molar-refractivity contribution is 6.32. The van der Waals surface area contributed by atoms with Gasteiger partial charge in [-0.1, -0.05) is 0 Å². The van der Waals surface area contributed by atoms with Crippen molar-refractivity contribution in [3.63, 3.8) is 0 Å². The molecule has 0 saturated carbocycles. The maximum atomic E-state index is 10.9. The molecule has 0 aliphatic heterocycles. The topological polar surface area (TPSA) is 182 Å². The SMILES string of the molecule is CC(=O)OC(C(O)CO)C(O)C(O)C(O)CC(=O)C(=O)O. The van der Waals surface area contributed by atoms with Crippen LogP contribution in [0.2, 0.25) is 0 Å². The third-order valence-corrected chi connectivity index (χ3v) is 2.58. The Bertz CT molecular complexity index is 381. The van der Waals surface area contributed by atoms with Gasteiger partial charge in [0.15, 0.2) is 6.10 Å². The highest BCUT2D eigenvalue weighted by Gasteiger charge is 2.38. The molecular weight excluding hydrogens is 292 g/mol. The lowest BCUT2D eigenvalue weighted by Gasteiger charge is -2.30. The van der Waals surface area contributed by atoms with Crippen LogP contribution in [0.1, 0.15) is 13.3 Å². The van der Waals surface area contributed by atoms with Crippen LogP contribution in [-0.4, -0.2) is 85.5 Å². The number of aliphatic hydroxyl groups excluding tert-OH is 5. The molecule has 0 heterocycles. The molecule has 0 aromatic heterocycles. The fraction of sp³-hybridized carbons (Fsp3) is 0.727. The van der Waals surface area contributed by atoms with Crippen LogP contribution in [0, 0.1) is 0 Å². The maximum Gasteiger partial charge on any atom is 0.372 e. The Hall–Kier alpha value is -1.59. The number of ether oxygens (including phenoxy) is 1. The number of aliphatic hydroxyl groups is 5. The molecule has 10 heteroatoms. The summed E-state index contributed by atoms with van der Waals surface area (Å²) in [6.45, 7) is 0.0342. The third-order valence-electron chi connectivity index (χ3n) is 2.58. The zero-order valence-corrected chi connectivity index (χ0v) is 11.1. The zero-order chi connectivity index (χ0) is 16.7. The number of ketones is 1. The van der Waals surface area contributed by atoms with Gasteiger partial charge >= 0.3 is 11.9 Å². The molecule has 6 N–H and O–H groups in total. The molecule has 0 spiro atoms. The Kier molecular flexibility index (Phi) is 7.99. The van der Waals surface area contributed by atoms with Crippen molar-refractivity contribution in [2.24, 2.45) is 0 Å². The molecule has 10 nitrogen and oxygen atoms in total. The van der Waals surface area contributed by atoms with E-state index in [0.29, 0.717) is 0 Å². The lowest BCUT2D eigenvalue weighted by molar-refractivity contribution is -0.180. The number of Topliss-reactive ketones (excluding diaryl/α,β-unsaturated/α-hetero) is 1. The number of carboxylic acid groups (broad SMARTS) is 1. The van der Waals surface area contributed by atoms with E-state index < -0.39 is 61.3 Å². The predicted molar refractivity (Wildman–Crippen MR) is 63.9 cm³/mol. The standard InChI is InChI=1S/C11H18O10/c1-4(13)21-10(7(16)3-12)9(18)8(17)5(14)2-6(15)11(19)20/h5,7-10,12,14,16-18H,2-3H2,1H3,(H,19,20). The average molecular weight is 310 g/mol. The minimum absolute atomic E-state index is 0.911. The van der Waals surface area contributed by atoms with E-state index in [1.807, 2.05) is 0 Å². The molecule has 122 valence electrons. The Labute approximate surface area is 119 Å². The normalized spacial score (nSPS) is 18.2. The summed E-state index contributed by atoms with van der Waals surface area (Å²) in [6, 6.07) is 0. The van der Waals surface area contributed by atoms with E-state index in [0.717, 1.165) is 6.92 Å². The van der Waals surface area contributed by atoms with E-state index >= 15 is 0 Å². The van der Waals surface area contributed by atoms with Gasteiger partial charge in [-0.3, -0.25) is 9.59 Å². The van der Waals surface area contributed by atoms with Crippen molar-refractivity contribution in [3.05, 3.63) is 0 Å². The summed E-state index contributed by atoms with van der Waals surface area (Å²) in [5.41, 5.74) is 0. The number of rotatable bonds is 9. The van der Waals surface area contributed by atoms with Crippen molar-refractivity contribution < 1.29 is 49.8 Å². The summed E-state index contributed by atoms with van der Waals surface area (Å²) in [6.07, 6.45) is -10.6. The number of carbonyl (C=O) groups is 3. The lowest BCUT2D eigenvalue weighted by Crippen LogP contribution is -2.52. The van der Waals surface area contributed by atoms with Gasteiger partial charge in [0, 0.05) is 13.3 Å². The van der Waals surface area contributed by atoms with Gasteiger partial charge in [0.05, 0.1) is 12.7 Å². The molecule has 0 aromatic rings. The smallest absolute Gasteiger partial charge is 0.372 e. The van der Waals surface area contributed by atoms with Crippen molar-refractivity contribution in [3.8, 4) is 0 Å². The molecule has 0 radical (unpaired) electrons. The molecule has 0 aliphatic rings. The van der Waals surface area contributed by atoms with Crippen LogP contribution in [-0.2, 0) is 19.1 Å². The van der Waals surface area contributed by atoms with Crippen molar-refractivity contribution in [2.75, 3.05) is 6.61 Å². The van der Waals surface area contributed by atoms with Gasteiger partial charge in [-0.25, -0.2) is 4.79 Å². The van der Waals surface area contributed by atoms with E-state index in [2.05, 4.69) is 4.74 Å². The molecule has 0 amide bonds. The second-order valence-electron chi connectivity index (χ2n) is 4.30. The van der Waals surface area contributed by atoms with Crippen molar-refractivity contribution >= 4 is 17.7 Å². The van der Waals surface area contributed by atoms with Crippen LogP contribution in [0.15, 0.2) is 0 Å². The first kappa shape index (κ1) is 19.4. The first-order valence-electron chi connectivity index (χ1n) is 5.88. The zero-order valence-electron chi connectivity index (χ0n) is 11.1.